The number of rotatable bonds is 5. The van der Waals surface area contributed by atoms with E-state index in [2.05, 4.69) is 25.9 Å². The molecule has 4 aromatic rings. The van der Waals surface area contributed by atoms with Crippen molar-refractivity contribution in [2.24, 2.45) is 5.73 Å². The highest BCUT2D eigenvalue weighted by Crippen LogP contribution is 2.30. The third-order valence-electron chi connectivity index (χ3n) is 4.59. The average Bonchev–Trinajstić information content (AvgIpc) is 3.36. The molecule has 1 atom stereocenters. The Labute approximate surface area is 192 Å². The standard InChI is InChI=1S/C22H20FN5O2S2/c1-13(15-7-5-4-6-14(15)8-9-22(2,3)24)28-17-10-16(23)19(11-18(17)30-21(28)29)31-27-20-25-12-26-32-20/h4-7,10-13H,24H2,1-3H3,(H,25,26,27)/t13-/m1/s1. The number of nitrogens with zero attached hydrogens (tertiary/aromatic N) is 3. The minimum absolute atomic E-state index is 0.276. The number of halogens is 1. The number of nitrogens with two attached hydrogens (primary N) is 1. The number of nitrogens with one attached hydrogen (secondary N) is 1. The maximum Gasteiger partial charge on any atom is 0.420 e. The van der Waals surface area contributed by atoms with Crippen LogP contribution in [0.3, 0.4) is 0 Å². The Kier molecular flexibility index (Phi) is 6.06. The highest BCUT2D eigenvalue weighted by atomic mass is 32.2. The quantitative estimate of drug-likeness (QED) is 0.330. The van der Waals surface area contributed by atoms with Gasteiger partial charge in [0.05, 0.1) is 22.0 Å². The van der Waals surface area contributed by atoms with E-state index in [1.54, 1.807) is 0 Å². The van der Waals surface area contributed by atoms with Crippen LogP contribution in [0.2, 0.25) is 0 Å². The van der Waals surface area contributed by atoms with Crippen molar-refractivity contribution in [2.45, 2.75) is 37.2 Å². The molecule has 0 fully saturated rings. The molecule has 0 saturated heterocycles. The molecule has 0 saturated carbocycles. The molecule has 7 nitrogen and oxygen atoms in total. The third kappa shape index (κ3) is 4.70. The Hall–Kier alpha value is -3.13. The van der Waals surface area contributed by atoms with Crippen LogP contribution in [-0.4, -0.2) is 19.5 Å². The Morgan fingerprint density at radius 2 is 2.12 bits per heavy atom. The van der Waals surface area contributed by atoms with Crippen LogP contribution in [0.1, 0.15) is 37.9 Å². The van der Waals surface area contributed by atoms with Crippen molar-refractivity contribution < 1.29 is 8.81 Å². The van der Waals surface area contributed by atoms with E-state index in [-0.39, 0.29) is 10.5 Å². The number of oxazole rings is 1. The summed E-state index contributed by atoms with van der Waals surface area (Å²) in [5.74, 6) is 5.05. The molecule has 0 amide bonds. The summed E-state index contributed by atoms with van der Waals surface area (Å²) in [4.78, 5) is 17.0. The molecule has 4 rings (SSSR count). The first-order chi connectivity index (χ1) is 15.2. The summed E-state index contributed by atoms with van der Waals surface area (Å²) in [7, 11) is 0. The van der Waals surface area contributed by atoms with E-state index in [1.165, 1.54) is 23.0 Å². The fraction of sp³-hybridized carbons (Fsp3) is 0.227. The molecular weight excluding hydrogens is 449 g/mol. The van der Waals surface area contributed by atoms with Crippen LogP contribution >= 0.6 is 23.5 Å². The van der Waals surface area contributed by atoms with E-state index < -0.39 is 23.2 Å². The molecule has 0 bridgehead atoms. The topological polar surface area (TPSA) is 99.0 Å². The number of anilines is 1. The van der Waals surface area contributed by atoms with Crippen LogP contribution in [-0.2, 0) is 0 Å². The second-order valence-corrected chi connectivity index (χ2v) is 9.30. The van der Waals surface area contributed by atoms with Gasteiger partial charge < -0.3 is 14.9 Å². The molecule has 2 aromatic carbocycles. The average molecular weight is 470 g/mol. The maximum absolute atomic E-state index is 14.8. The lowest BCUT2D eigenvalue weighted by molar-refractivity contribution is 0.489. The summed E-state index contributed by atoms with van der Waals surface area (Å²) < 4.78 is 28.5. The van der Waals surface area contributed by atoms with Gasteiger partial charge in [-0.3, -0.25) is 4.57 Å². The number of fused-ring (bicyclic) bond motifs is 1. The van der Waals surface area contributed by atoms with Gasteiger partial charge in [-0.05, 0) is 44.3 Å². The van der Waals surface area contributed by atoms with Gasteiger partial charge in [0.1, 0.15) is 12.1 Å². The van der Waals surface area contributed by atoms with Crippen LogP contribution in [0.5, 0.6) is 0 Å². The predicted octanol–water partition coefficient (Wildman–Crippen LogP) is 4.40. The van der Waals surface area contributed by atoms with Crippen molar-refractivity contribution >= 4 is 39.7 Å². The molecule has 2 aromatic heterocycles. The number of aromatic nitrogens is 3. The SMILES string of the molecule is C[C@H](c1ccccc1C#CC(C)(C)N)n1c(=O)oc2cc(SNc3ncns3)c(F)cc21. The lowest BCUT2D eigenvalue weighted by Gasteiger charge is -2.16. The van der Waals surface area contributed by atoms with E-state index >= 15 is 0 Å². The second kappa shape index (κ2) is 8.78. The summed E-state index contributed by atoms with van der Waals surface area (Å²) in [5, 5.41) is 0.542. The monoisotopic (exact) mass is 469 g/mol. The molecule has 0 radical (unpaired) electrons. The van der Waals surface area contributed by atoms with Gasteiger partial charge in [0, 0.05) is 29.2 Å². The smallest absolute Gasteiger partial charge is 0.408 e. The van der Waals surface area contributed by atoms with Crippen LogP contribution in [0.15, 0.2) is 56.8 Å². The molecule has 10 heteroatoms. The summed E-state index contributed by atoms with van der Waals surface area (Å²) >= 11 is 2.19. The Morgan fingerprint density at radius 1 is 1.34 bits per heavy atom. The zero-order valence-electron chi connectivity index (χ0n) is 17.5. The molecule has 0 spiro atoms. The molecule has 0 aliphatic carbocycles. The summed E-state index contributed by atoms with van der Waals surface area (Å²) in [6.07, 6.45) is 1.41. The van der Waals surface area contributed by atoms with E-state index in [4.69, 9.17) is 10.2 Å². The van der Waals surface area contributed by atoms with Gasteiger partial charge >= 0.3 is 5.76 Å². The van der Waals surface area contributed by atoms with Crippen LogP contribution < -0.4 is 16.2 Å². The van der Waals surface area contributed by atoms with Gasteiger partial charge in [-0.1, -0.05) is 30.0 Å². The van der Waals surface area contributed by atoms with Crippen LogP contribution in [0.25, 0.3) is 11.1 Å². The summed E-state index contributed by atoms with van der Waals surface area (Å²) in [6, 6.07) is 9.85. The van der Waals surface area contributed by atoms with Gasteiger partial charge in [-0.25, -0.2) is 14.2 Å². The van der Waals surface area contributed by atoms with Crippen LogP contribution in [0.4, 0.5) is 9.52 Å². The first-order valence-electron chi connectivity index (χ1n) is 9.68. The largest absolute Gasteiger partial charge is 0.420 e. The highest BCUT2D eigenvalue weighted by molar-refractivity contribution is 8.00. The van der Waals surface area contributed by atoms with Crippen molar-refractivity contribution in [1.29, 1.82) is 0 Å². The number of benzene rings is 2. The van der Waals surface area contributed by atoms with E-state index in [0.717, 1.165) is 34.6 Å². The van der Waals surface area contributed by atoms with E-state index in [0.29, 0.717) is 10.6 Å². The molecule has 32 heavy (non-hydrogen) atoms. The van der Waals surface area contributed by atoms with Crippen molar-refractivity contribution in [3.8, 4) is 11.8 Å². The van der Waals surface area contributed by atoms with Crippen LogP contribution in [0, 0.1) is 17.7 Å². The molecule has 0 unspecified atom stereocenters. The minimum Gasteiger partial charge on any atom is -0.408 e. The second-order valence-electron chi connectivity index (χ2n) is 7.67. The molecule has 3 N–H and O–H groups in total. The molecule has 0 aliphatic heterocycles. The first-order valence-corrected chi connectivity index (χ1v) is 11.3. The minimum atomic E-state index is -0.657. The zero-order valence-corrected chi connectivity index (χ0v) is 19.2. The van der Waals surface area contributed by atoms with Crippen molar-refractivity contribution in [3.63, 3.8) is 0 Å². The Bertz CT molecular complexity index is 1380. The normalized spacial score (nSPS) is 12.4. The van der Waals surface area contributed by atoms with E-state index in [9.17, 15) is 9.18 Å². The van der Waals surface area contributed by atoms with Gasteiger partial charge in [0.25, 0.3) is 0 Å². The lowest BCUT2D eigenvalue weighted by atomic mass is 10.00. The highest BCUT2D eigenvalue weighted by Gasteiger charge is 2.21. The van der Waals surface area contributed by atoms with Crippen molar-refractivity contribution in [3.05, 3.63) is 70.2 Å². The predicted molar refractivity (Wildman–Crippen MR) is 125 cm³/mol. The first kappa shape index (κ1) is 22.1. The molecule has 0 aliphatic rings. The van der Waals surface area contributed by atoms with Crippen molar-refractivity contribution in [1.82, 2.24) is 13.9 Å². The molecule has 2 heterocycles. The van der Waals surface area contributed by atoms with E-state index in [1.807, 2.05) is 45.0 Å². The third-order valence-corrected chi connectivity index (χ3v) is 6.13. The zero-order chi connectivity index (χ0) is 22.9. The Balaban J connectivity index is 1.72. The van der Waals surface area contributed by atoms with Gasteiger partial charge in [0.2, 0.25) is 5.13 Å². The van der Waals surface area contributed by atoms with Crippen molar-refractivity contribution in [2.75, 3.05) is 4.72 Å². The number of hydrogen-bond acceptors (Lipinski definition) is 8. The van der Waals surface area contributed by atoms with Gasteiger partial charge in [-0.2, -0.15) is 4.37 Å². The molecular formula is C22H20FN5O2S2. The number of hydrogen-bond donors (Lipinski definition) is 2. The Morgan fingerprint density at radius 3 is 2.84 bits per heavy atom. The lowest BCUT2D eigenvalue weighted by Crippen LogP contribution is -2.29. The summed E-state index contributed by atoms with van der Waals surface area (Å²) in [6.45, 7) is 5.48. The summed E-state index contributed by atoms with van der Waals surface area (Å²) in [5.41, 5.74) is 7.54. The van der Waals surface area contributed by atoms with Gasteiger partial charge in [-0.15, -0.1) is 0 Å². The molecule has 164 valence electrons. The fourth-order valence-electron chi connectivity index (χ4n) is 3.14. The fourth-order valence-corrected chi connectivity index (χ4v) is 4.27. The maximum atomic E-state index is 14.8. The van der Waals surface area contributed by atoms with Gasteiger partial charge in [0.15, 0.2) is 5.58 Å².